The van der Waals surface area contributed by atoms with E-state index < -0.39 is 0 Å². The minimum absolute atomic E-state index is 0. The predicted molar refractivity (Wildman–Crippen MR) is 129 cm³/mol. The lowest BCUT2D eigenvalue weighted by molar-refractivity contribution is 0.353. The molecule has 1 fully saturated rings. The van der Waals surface area contributed by atoms with Crippen LogP contribution >= 0.6 is 48.0 Å². The van der Waals surface area contributed by atoms with E-state index in [1.165, 1.54) is 18.4 Å². The summed E-state index contributed by atoms with van der Waals surface area (Å²) in [5.41, 5.74) is 3.36. The topological polar surface area (TPSA) is 37.0 Å². The minimum atomic E-state index is 0. The highest BCUT2D eigenvalue weighted by Crippen LogP contribution is 2.28. The summed E-state index contributed by atoms with van der Waals surface area (Å²) in [7, 11) is 0. The van der Waals surface area contributed by atoms with Gasteiger partial charge in [-0.25, -0.2) is 0 Å². The van der Waals surface area contributed by atoms with Crippen LogP contribution in [0.5, 0.6) is 0 Å². The number of nitrogens with zero attached hydrogens (tertiary/aromatic N) is 1. The van der Waals surface area contributed by atoms with E-state index in [9.17, 15) is 0 Å². The Labute approximate surface area is 194 Å². The molecule has 0 aliphatic heterocycles. The number of hydrogen-bond acceptors (Lipinski definition) is 3. The van der Waals surface area contributed by atoms with Crippen LogP contribution in [0.15, 0.2) is 54.7 Å². The molecular formula is C22H25Cl4N3. The Kier molecular flexibility index (Phi) is 9.32. The maximum absolute atomic E-state index is 6.09. The van der Waals surface area contributed by atoms with Crippen LogP contribution in [0, 0.1) is 0 Å². The van der Waals surface area contributed by atoms with E-state index in [0.717, 1.165) is 46.0 Å². The monoisotopic (exact) mass is 471 g/mol. The smallest absolute Gasteiger partial charge is 0.0737 e. The van der Waals surface area contributed by atoms with Crippen molar-refractivity contribution in [3.05, 3.63) is 70.3 Å². The Bertz CT molecular complexity index is 910. The number of hydrogen-bond donors (Lipinski definition) is 2. The molecule has 1 heterocycles. The van der Waals surface area contributed by atoms with Crippen molar-refractivity contribution >= 4 is 64.6 Å². The Morgan fingerprint density at radius 3 is 2.21 bits per heavy atom. The summed E-state index contributed by atoms with van der Waals surface area (Å²) in [6, 6.07) is 17.1. The molecule has 2 N–H and O–H groups in total. The van der Waals surface area contributed by atoms with E-state index in [1.54, 1.807) is 0 Å². The second kappa shape index (κ2) is 11.2. The lowest BCUT2D eigenvalue weighted by Gasteiger charge is -2.30. The van der Waals surface area contributed by atoms with Crippen LogP contribution in [0.3, 0.4) is 0 Å². The molecule has 0 atom stereocenters. The van der Waals surface area contributed by atoms with Gasteiger partial charge in [0.05, 0.1) is 5.52 Å². The summed E-state index contributed by atoms with van der Waals surface area (Å²) >= 11 is 12.0. The fourth-order valence-corrected chi connectivity index (χ4v) is 4.07. The highest BCUT2D eigenvalue weighted by molar-refractivity contribution is 6.31. The van der Waals surface area contributed by atoms with Crippen LogP contribution in [-0.4, -0.2) is 17.1 Å². The van der Waals surface area contributed by atoms with Crippen molar-refractivity contribution in [1.82, 2.24) is 10.3 Å². The van der Waals surface area contributed by atoms with Crippen molar-refractivity contribution in [2.24, 2.45) is 0 Å². The van der Waals surface area contributed by atoms with Gasteiger partial charge in [-0.1, -0.05) is 35.3 Å². The third-order valence-corrected chi connectivity index (χ3v) is 5.79. The van der Waals surface area contributed by atoms with E-state index in [2.05, 4.69) is 33.8 Å². The summed E-state index contributed by atoms with van der Waals surface area (Å²) in [6.45, 7) is 0.898. The third kappa shape index (κ3) is 6.37. The Morgan fingerprint density at radius 2 is 1.48 bits per heavy atom. The highest BCUT2D eigenvalue weighted by Gasteiger charge is 2.21. The van der Waals surface area contributed by atoms with Crippen molar-refractivity contribution < 1.29 is 0 Å². The fraction of sp³-hybridized carbons (Fsp3) is 0.318. The van der Waals surface area contributed by atoms with Crippen LogP contribution in [0.1, 0.15) is 31.2 Å². The maximum atomic E-state index is 6.09. The molecule has 4 rings (SSSR count). The van der Waals surface area contributed by atoms with Crippen molar-refractivity contribution in [1.29, 1.82) is 0 Å². The molecule has 3 aromatic rings. The number of nitrogens with one attached hydrogen (secondary N) is 2. The summed E-state index contributed by atoms with van der Waals surface area (Å²) in [5.74, 6) is 0. The van der Waals surface area contributed by atoms with Gasteiger partial charge in [0.15, 0.2) is 0 Å². The molecule has 0 unspecified atom stereocenters. The van der Waals surface area contributed by atoms with Crippen molar-refractivity contribution in [2.45, 2.75) is 44.3 Å². The standard InChI is InChI=1S/C22H23Cl2N3.2ClH/c23-16-3-1-15(2-4-16)14-26-18-6-8-19(9-7-18)27-21-11-12-25-22-13-17(24)5-10-20(21)22;;/h1-5,10-13,18-19,26H,6-9,14H2,(H,25,27);2*1H. The molecule has 1 saturated carbocycles. The van der Waals surface area contributed by atoms with Gasteiger partial charge in [-0.05, 0) is 67.6 Å². The number of benzene rings is 2. The maximum Gasteiger partial charge on any atom is 0.0737 e. The first-order valence-corrected chi connectivity index (χ1v) is 10.2. The van der Waals surface area contributed by atoms with E-state index in [1.807, 2.05) is 36.5 Å². The molecule has 2 aromatic carbocycles. The first kappa shape index (κ1) is 24.0. The van der Waals surface area contributed by atoms with Crippen LogP contribution < -0.4 is 10.6 Å². The van der Waals surface area contributed by atoms with Gasteiger partial charge in [0.1, 0.15) is 0 Å². The van der Waals surface area contributed by atoms with Crippen LogP contribution in [-0.2, 0) is 6.54 Å². The van der Waals surface area contributed by atoms with Crippen molar-refractivity contribution in [3.8, 4) is 0 Å². The van der Waals surface area contributed by atoms with Gasteiger partial charge in [-0.3, -0.25) is 4.98 Å². The first-order chi connectivity index (χ1) is 13.2. The summed E-state index contributed by atoms with van der Waals surface area (Å²) < 4.78 is 0. The second-order valence-corrected chi connectivity index (χ2v) is 8.09. The third-order valence-electron chi connectivity index (χ3n) is 5.30. The van der Waals surface area contributed by atoms with Gasteiger partial charge in [0.2, 0.25) is 0 Å². The summed E-state index contributed by atoms with van der Waals surface area (Å²) in [5, 5.41) is 10.0. The highest BCUT2D eigenvalue weighted by atomic mass is 35.5. The zero-order chi connectivity index (χ0) is 18.6. The second-order valence-electron chi connectivity index (χ2n) is 7.22. The molecule has 0 bridgehead atoms. The summed E-state index contributed by atoms with van der Waals surface area (Å²) in [6.07, 6.45) is 6.53. The molecular weight excluding hydrogens is 448 g/mol. The van der Waals surface area contributed by atoms with Gasteiger partial charge < -0.3 is 10.6 Å². The number of aromatic nitrogens is 1. The zero-order valence-electron chi connectivity index (χ0n) is 15.9. The van der Waals surface area contributed by atoms with Crippen molar-refractivity contribution in [2.75, 3.05) is 5.32 Å². The quantitative estimate of drug-likeness (QED) is 0.424. The number of halogens is 4. The Hall–Kier alpha value is -1.23. The molecule has 0 spiro atoms. The van der Waals surface area contributed by atoms with Gasteiger partial charge in [0.25, 0.3) is 0 Å². The van der Waals surface area contributed by atoms with Gasteiger partial charge in [-0.15, -0.1) is 24.8 Å². The zero-order valence-corrected chi connectivity index (χ0v) is 19.1. The normalized spacial score (nSPS) is 18.6. The molecule has 7 heteroatoms. The molecule has 156 valence electrons. The SMILES string of the molecule is Cl.Cl.Clc1ccc(CNC2CCC(Nc3ccnc4cc(Cl)ccc34)CC2)cc1. The summed E-state index contributed by atoms with van der Waals surface area (Å²) in [4.78, 5) is 4.42. The predicted octanol–water partition coefficient (Wildman–Crippen LogP) is 6.90. The molecule has 0 saturated heterocycles. The van der Waals surface area contributed by atoms with E-state index >= 15 is 0 Å². The number of rotatable bonds is 5. The molecule has 1 aliphatic rings. The van der Waals surface area contributed by atoms with Gasteiger partial charge in [-0.2, -0.15) is 0 Å². The van der Waals surface area contributed by atoms with E-state index in [-0.39, 0.29) is 24.8 Å². The number of anilines is 1. The average molecular weight is 473 g/mol. The molecule has 0 radical (unpaired) electrons. The van der Waals surface area contributed by atoms with Crippen LogP contribution in [0.25, 0.3) is 10.9 Å². The lowest BCUT2D eigenvalue weighted by atomic mass is 9.90. The van der Waals surface area contributed by atoms with Crippen LogP contribution in [0.4, 0.5) is 5.69 Å². The van der Waals surface area contributed by atoms with E-state index in [0.29, 0.717) is 12.1 Å². The van der Waals surface area contributed by atoms with Crippen LogP contribution in [0.2, 0.25) is 10.0 Å². The Morgan fingerprint density at radius 1 is 0.828 bits per heavy atom. The minimum Gasteiger partial charge on any atom is -0.382 e. The molecule has 3 nitrogen and oxygen atoms in total. The number of fused-ring (bicyclic) bond motifs is 1. The largest absolute Gasteiger partial charge is 0.382 e. The van der Waals surface area contributed by atoms with Crippen molar-refractivity contribution in [3.63, 3.8) is 0 Å². The Balaban J connectivity index is 0.00000150. The lowest BCUT2D eigenvalue weighted by Crippen LogP contribution is -2.36. The molecule has 1 aliphatic carbocycles. The fourth-order valence-electron chi connectivity index (χ4n) is 3.77. The molecule has 1 aromatic heterocycles. The average Bonchev–Trinajstić information content (AvgIpc) is 2.68. The van der Waals surface area contributed by atoms with Gasteiger partial charge >= 0.3 is 0 Å². The molecule has 29 heavy (non-hydrogen) atoms. The van der Waals surface area contributed by atoms with Gasteiger partial charge in [0, 0.05) is 45.9 Å². The van der Waals surface area contributed by atoms with E-state index in [4.69, 9.17) is 23.2 Å². The number of pyridine rings is 1. The molecule has 0 amide bonds. The first-order valence-electron chi connectivity index (χ1n) is 9.46.